The zero-order chi connectivity index (χ0) is 15.4. The van der Waals surface area contributed by atoms with Gasteiger partial charge in [0.15, 0.2) is 5.82 Å². The Hall–Kier alpha value is -1.39. The van der Waals surface area contributed by atoms with Crippen molar-refractivity contribution in [2.45, 2.75) is 47.1 Å². The number of nitrogens with zero attached hydrogens (tertiary/aromatic N) is 3. The summed E-state index contributed by atoms with van der Waals surface area (Å²) in [6.45, 7) is 10.2. The molecule has 2 heterocycles. The predicted octanol–water partition coefficient (Wildman–Crippen LogP) is 3.60. The molecule has 0 spiro atoms. The summed E-state index contributed by atoms with van der Waals surface area (Å²) in [4.78, 5) is 4.43. The van der Waals surface area contributed by atoms with Crippen LogP contribution in [-0.4, -0.2) is 21.3 Å². The van der Waals surface area contributed by atoms with Gasteiger partial charge in [-0.25, -0.2) is 9.67 Å². The van der Waals surface area contributed by atoms with Crippen LogP contribution in [0.15, 0.2) is 12.3 Å². The van der Waals surface area contributed by atoms with Crippen LogP contribution in [0.25, 0.3) is 5.82 Å². The Morgan fingerprint density at radius 1 is 1.29 bits per heavy atom. The molecule has 0 saturated heterocycles. The lowest BCUT2D eigenvalue weighted by atomic mass is 10.1. The van der Waals surface area contributed by atoms with Crippen LogP contribution in [0.3, 0.4) is 0 Å². The topological polar surface area (TPSA) is 42.7 Å². The Bertz CT molecular complexity index is 619. The molecular weight excluding hydrogens is 284 g/mol. The Morgan fingerprint density at radius 2 is 2.05 bits per heavy atom. The van der Waals surface area contributed by atoms with Crippen LogP contribution in [-0.2, 0) is 13.0 Å². The molecule has 5 heteroatoms. The minimum atomic E-state index is 0.694. The summed E-state index contributed by atoms with van der Waals surface area (Å²) in [6, 6.07) is 2.02. The van der Waals surface area contributed by atoms with Crippen LogP contribution in [0.4, 0.5) is 0 Å². The first-order valence-electron chi connectivity index (χ1n) is 7.49. The highest BCUT2D eigenvalue weighted by Gasteiger charge is 2.13. The molecule has 0 saturated carbocycles. The minimum absolute atomic E-state index is 0.694. The van der Waals surface area contributed by atoms with Gasteiger partial charge in [0, 0.05) is 18.4 Å². The molecule has 0 fully saturated rings. The van der Waals surface area contributed by atoms with E-state index in [0.29, 0.717) is 5.02 Å². The molecule has 2 aromatic heterocycles. The van der Waals surface area contributed by atoms with E-state index < -0.39 is 0 Å². The molecule has 1 N–H and O–H groups in total. The summed E-state index contributed by atoms with van der Waals surface area (Å²) in [6.07, 6.45) is 3.80. The quantitative estimate of drug-likeness (QED) is 0.829. The number of pyridine rings is 1. The molecule has 2 aromatic rings. The molecule has 0 aliphatic carbocycles. The Kier molecular flexibility index (Phi) is 5.37. The van der Waals surface area contributed by atoms with E-state index in [1.54, 1.807) is 6.20 Å². The van der Waals surface area contributed by atoms with Crippen molar-refractivity contribution in [3.63, 3.8) is 0 Å². The van der Waals surface area contributed by atoms with Crippen molar-refractivity contribution in [3.05, 3.63) is 39.8 Å². The standard InChI is InChI=1S/C16H23ClN4/c1-5-7-18-9-13-8-16(19-10-15(13)17)21-12(4)14(6-2)11(3)20-21/h8,10,18H,5-7,9H2,1-4H3. The van der Waals surface area contributed by atoms with Crippen molar-refractivity contribution < 1.29 is 0 Å². The first kappa shape index (κ1) is 16.0. The fourth-order valence-electron chi connectivity index (χ4n) is 2.53. The SMILES string of the molecule is CCCNCc1cc(-n2nc(C)c(CC)c2C)ncc1Cl. The predicted molar refractivity (Wildman–Crippen MR) is 87.2 cm³/mol. The van der Waals surface area contributed by atoms with Crippen molar-refractivity contribution in [2.24, 2.45) is 0 Å². The Labute approximate surface area is 131 Å². The lowest BCUT2D eigenvalue weighted by Gasteiger charge is -2.09. The number of halogens is 1. The Morgan fingerprint density at radius 3 is 2.67 bits per heavy atom. The van der Waals surface area contributed by atoms with Crippen LogP contribution < -0.4 is 5.32 Å². The lowest BCUT2D eigenvalue weighted by Crippen LogP contribution is -2.15. The summed E-state index contributed by atoms with van der Waals surface area (Å²) in [5, 5.41) is 8.67. The second-order valence-corrected chi connectivity index (χ2v) is 5.63. The third-order valence-electron chi connectivity index (χ3n) is 3.67. The normalized spacial score (nSPS) is 11.1. The maximum Gasteiger partial charge on any atom is 0.154 e. The lowest BCUT2D eigenvalue weighted by molar-refractivity contribution is 0.673. The van der Waals surface area contributed by atoms with E-state index in [1.807, 2.05) is 17.7 Å². The van der Waals surface area contributed by atoms with Crippen molar-refractivity contribution in [3.8, 4) is 5.82 Å². The molecule has 21 heavy (non-hydrogen) atoms. The summed E-state index contributed by atoms with van der Waals surface area (Å²) in [5.74, 6) is 0.827. The van der Waals surface area contributed by atoms with Crippen molar-refractivity contribution in [1.82, 2.24) is 20.1 Å². The van der Waals surface area contributed by atoms with E-state index in [2.05, 4.69) is 36.2 Å². The average Bonchev–Trinajstić information content (AvgIpc) is 2.76. The Balaban J connectivity index is 2.34. The number of aromatic nitrogens is 3. The first-order valence-corrected chi connectivity index (χ1v) is 7.86. The van der Waals surface area contributed by atoms with Gasteiger partial charge in [0.25, 0.3) is 0 Å². The molecule has 114 valence electrons. The molecule has 0 aromatic carbocycles. The third-order valence-corrected chi connectivity index (χ3v) is 4.01. The zero-order valence-electron chi connectivity index (χ0n) is 13.2. The second kappa shape index (κ2) is 7.05. The number of aryl methyl sites for hydroxylation is 1. The molecule has 0 amide bonds. The van der Waals surface area contributed by atoms with E-state index in [9.17, 15) is 0 Å². The van der Waals surface area contributed by atoms with Gasteiger partial charge in [-0.15, -0.1) is 0 Å². The summed E-state index contributed by atoms with van der Waals surface area (Å²) < 4.78 is 1.91. The molecule has 0 atom stereocenters. The molecule has 0 aliphatic rings. The molecule has 4 nitrogen and oxygen atoms in total. The highest BCUT2D eigenvalue weighted by atomic mass is 35.5. The maximum atomic E-state index is 6.23. The number of hydrogen-bond acceptors (Lipinski definition) is 3. The van der Waals surface area contributed by atoms with Crippen LogP contribution in [0.1, 0.15) is 42.8 Å². The van der Waals surface area contributed by atoms with Crippen molar-refractivity contribution in [1.29, 1.82) is 0 Å². The third kappa shape index (κ3) is 3.44. The summed E-state index contributed by atoms with van der Waals surface area (Å²) >= 11 is 6.23. The fraction of sp³-hybridized carbons (Fsp3) is 0.500. The molecule has 2 rings (SSSR count). The molecule has 0 aliphatic heterocycles. The van der Waals surface area contributed by atoms with Crippen LogP contribution >= 0.6 is 11.6 Å². The van der Waals surface area contributed by atoms with Crippen molar-refractivity contribution in [2.75, 3.05) is 6.54 Å². The number of rotatable bonds is 6. The molecular formula is C16H23ClN4. The average molecular weight is 307 g/mol. The van der Waals surface area contributed by atoms with E-state index in [-0.39, 0.29) is 0 Å². The minimum Gasteiger partial charge on any atom is -0.313 e. The van der Waals surface area contributed by atoms with E-state index in [0.717, 1.165) is 48.7 Å². The molecule has 0 radical (unpaired) electrons. The summed E-state index contributed by atoms with van der Waals surface area (Å²) in [7, 11) is 0. The maximum absolute atomic E-state index is 6.23. The first-order chi connectivity index (χ1) is 10.1. The van der Waals surface area contributed by atoms with E-state index in [1.165, 1.54) is 5.56 Å². The largest absolute Gasteiger partial charge is 0.313 e. The highest BCUT2D eigenvalue weighted by molar-refractivity contribution is 6.31. The smallest absolute Gasteiger partial charge is 0.154 e. The van der Waals surface area contributed by atoms with Crippen LogP contribution in [0.2, 0.25) is 5.02 Å². The number of hydrogen-bond donors (Lipinski definition) is 1. The van der Waals surface area contributed by atoms with Gasteiger partial charge < -0.3 is 5.32 Å². The highest BCUT2D eigenvalue weighted by Crippen LogP contribution is 2.21. The monoisotopic (exact) mass is 306 g/mol. The molecule has 0 bridgehead atoms. The second-order valence-electron chi connectivity index (χ2n) is 5.23. The van der Waals surface area contributed by atoms with Crippen LogP contribution in [0.5, 0.6) is 0 Å². The van der Waals surface area contributed by atoms with Gasteiger partial charge >= 0.3 is 0 Å². The van der Waals surface area contributed by atoms with Gasteiger partial charge in [0.1, 0.15) is 0 Å². The van der Waals surface area contributed by atoms with Crippen LogP contribution in [0, 0.1) is 13.8 Å². The van der Waals surface area contributed by atoms with Gasteiger partial charge in [-0.3, -0.25) is 0 Å². The van der Waals surface area contributed by atoms with Gasteiger partial charge in [-0.1, -0.05) is 25.4 Å². The van der Waals surface area contributed by atoms with Gasteiger partial charge in [0.05, 0.1) is 10.7 Å². The van der Waals surface area contributed by atoms with Gasteiger partial charge in [-0.2, -0.15) is 5.10 Å². The van der Waals surface area contributed by atoms with Gasteiger partial charge in [0.2, 0.25) is 0 Å². The summed E-state index contributed by atoms with van der Waals surface area (Å²) in [5.41, 5.74) is 4.56. The number of nitrogens with one attached hydrogen (secondary N) is 1. The molecule has 0 unspecified atom stereocenters. The van der Waals surface area contributed by atoms with E-state index >= 15 is 0 Å². The van der Waals surface area contributed by atoms with E-state index in [4.69, 9.17) is 11.6 Å². The van der Waals surface area contributed by atoms with Gasteiger partial charge in [-0.05, 0) is 50.4 Å². The van der Waals surface area contributed by atoms with Crippen molar-refractivity contribution >= 4 is 11.6 Å². The fourth-order valence-corrected chi connectivity index (χ4v) is 2.70. The zero-order valence-corrected chi connectivity index (χ0v) is 14.0.